The molecule has 0 fully saturated rings. The molecule has 0 heterocycles. The molecule has 0 bridgehead atoms. The van der Waals surface area contributed by atoms with Gasteiger partial charge in [-0.05, 0) is 31.5 Å². The molecule has 0 aliphatic heterocycles. The first-order chi connectivity index (χ1) is 9.02. The van der Waals surface area contributed by atoms with Gasteiger partial charge >= 0.3 is 6.61 Å². The summed E-state index contributed by atoms with van der Waals surface area (Å²) in [5, 5.41) is 5.75. The highest BCUT2D eigenvalue weighted by atomic mass is 19.3. The lowest BCUT2D eigenvalue weighted by molar-refractivity contribution is -0.122. The fraction of sp³-hybridized carbons (Fsp3) is 0.462. The number of alkyl halides is 2. The van der Waals surface area contributed by atoms with Crippen LogP contribution in [0.4, 0.5) is 8.78 Å². The second-order valence-corrected chi connectivity index (χ2v) is 4.02. The van der Waals surface area contributed by atoms with Gasteiger partial charge < -0.3 is 15.4 Å². The third-order valence-corrected chi connectivity index (χ3v) is 2.51. The van der Waals surface area contributed by atoms with Gasteiger partial charge in [0.25, 0.3) is 0 Å². The maximum absolute atomic E-state index is 12.0. The third kappa shape index (κ3) is 5.65. The normalized spacial score (nSPS) is 12.3. The lowest BCUT2D eigenvalue weighted by Gasteiger charge is -2.13. The summed E-state index contributed by atoms with van der Waals surface area (Å²) in [5.41, 5.74) is 0.887. The number of halogens is 2. The smallest absolute Gasteiger partial charge is 0.387 e. The number of carbonyl (C=O) groups excluding carboxylic acids is 1. The van der Waals surface area contributed by atoms with Crippen LogP contribution in [0.2, 0.25) is 0 Å². The van der Waals surface area contributed by atoms with Crippen molar-refractivity contribution in [3.8, 4) is 5.75 Å². The van der Waals surface area contributed by atoms with Gasteiger partial charge in [-0.1, -0.05) is 12.1 Å². The number of hydrogen-bond donors (Lipinski definition) is 2. The van der Waals surface area contributed by atoms with Crippen LogP contribution in [0.15, 0.2) is 24.3 Å². The number of amides is 1. The first kappa shape index (κ1) is 15.4. The van der Waals surface area contributed by atoms with Crippen molar-refractivity contribution in [1.29, 1.82) is 0 Å². The number of likely N-dealkylation sites (N-methyl/N-ethyl adjacent to an activating group) is 1. The summed E-state index contributed by atoms with van der Waals surface area (Å²) >= 11 is 0. The van der Waals surface area contributed by atoms with E-state index in [1.807, 2.05) is 6.92 Å². The Morgan fingerprint density at radius 2 is 1.95 bits per heavy atom. The number of carbonyl (C=O) groups is 1. The Kier molecular flexibility index (Phi) is 6.21. The van der Waals surface area contributed by atoms with E-state index >= 15 is 0 Å². The zero-order valence-electron chi connectivity index (χ0n) is 11.0. The topological polar surface area (TPSA) is 50.4 Å². The zero-order valence-corrected chi connectivity index (χ0v) is 11.0. The number of ether oxygens (including phenoxy) is 1. The number of nitrogens with one attached hydrogen (secondary N) is 2. The van der Waals surface area contributed by atoms with Crippen LogP contribution in [0.3, 0.4) is 0 Å². The van der Waals surface area contributed by atoms with Crippen LogP contribution in [0.25, 0.3) is 0 Å². The van der Waals surface area contributed by atoms with Gasteiger partial charge in [0, 0.05) is 13.1 Å². The summed E-state index contributed by atoms with van der Waals surface area (Å²) in [6.07, 6.45) is 0. The Morgan fingerprint density at radius 1 is 1.32 bits per heavy atom. The molecule has 4 nitrogen and oxygen atoms in total. The monoisotopic (exact) mass is 272 g/mol. The highest BCUT2D eigenvalue weighted by Crippen LogP contribution is 2.14. The van der Waals surface area contributed by atoms with E-state index in [2.05, 4.69) is 15.4 Å². The van der Waals surface area contributed by atoms with E-state index in [0.717, 1.165) is 5.56 Å². The lowest BCUT2D eigenvalue weighted by atomic mass is 10.2. The molecule has 1 rings (SSSR count). The maximum atomic E-state index is 12.0. The summed E-state index contributed by atoms with van der Waals surface area (Å²) < 4.78 is 28.2. The Labute approximate surface area is 111 Å². The molecule has 6 heteroatoms. The number of hydrogen-bond acceptors (Lipinski definition) is 3. The fourth-order valence-electron chi connectivity index (χ4n) is 1.48. The van der Waals surface area contributed by atoms with E-state index in [0.29, 0.717) is 13.1 Å². The van der Waals surface area contributed by atoms with Crippen LogP contribution in [-0.4, -0.2) is 25.1 Å². The van der Waals surface area contributed by atoms with Crippen LogP contribution < -0.4 is 15.4 Å². The largest absolute Gasteiger partial charge is 0.435 e. The molecule has 1 atom stereocenters. The van der Waals surface area contributed by atoms with Crippen molar-refractivity contribution in [2.75, 3.05) is 6.54 Å². The van der Waals surface area contributed by atoms with Crippen molar-refractivity contribution in [3.63, 3.8) is 0 Å². The lowest BCUT2D eigenvalue weighted by Crippen LogP contribution is -2.41. The molecule has 0 saturated heterocycles. The minimum atomic E-state index is -2.82. The van der Waals surface area contributed by atoms with Gasteiger partial charge in [0.15, 0.2) is 0 Å². The molecule has 1 unspecified atom stereocenters. The SMILES string of the molecule is CCNC(=O)C(C)NCc1ccc(OC(F)F)cc1. The molecule has 1 aromatic rings. The molecule has 1 aromatic carbocycles. The predicted octanol–water partition coefficient (Wildman–Crippen LogP) is 1.90. The van der Waals surface area contributed by atoms with E-state index in [-0.39, 0.29) is 17.7 Å². The van der Waals surface area contributed by atoms with E-state index in [4.69, 9.17) is 0 Å². The van der Waals surface area contributed by atoms with Crippen LogP contribution in [0.5, 0.6) is 5.75 Å². The van der Waals surface area contributed by atoms with Gasteiger partial charge in [0.05, 0.1) is 6.04 Å². The van der Waals surface area contributed by atoms with Gasteiger partial charge in [-0.2, -0.15) is 8.78 Å². The molecular formula is C13H18F2N2O2. The van der Waals surface area contributed by atoms with E-state index < -0.39 is 6.61 Å². The summed E-state index contributed by atoms with van der Waals surface area (Å²) in [6, 6.07) is 5.99. The number of rotatable bonds is 7. The van der Waals surface area contributed by atoms with Gasteiger partial charge in [-0.15, -0.1) is 0 Å². The summed E-state index contributed by atoms with van der Waals surface area (Å²) in [6.45, 7) is 1.87. The Hall–Kier alpha value is -1.69. The van der Waals surface area contributed by atoms with Crippen molar-refractivity contribution in [3.05, 3.63) is 29.8 Å². The quantitative estimate of drug-likeness (QED) is 0.797. The fourth-order valence-corrected chi connectivity index (χ4v) is 1.48. The third-order valence-electron chi connectivity index (χ3n) is 2.51. The molecule has 0 aromatic heterocycles. The van der Waals surface area contributed by atoms with Crippen LogP contribution in [0, 0.1) is 0 Å². The van der Waals surface area contributed by atoms with Crippen molar-refractivity contribution in [1.82, 2.24) is 10.6 Å². The van der Waals surface area contributed by atoms with E-state index in [1.165, 1.54) is 12.1 Å². The second kappa shape index (κ2) is 7.68. The molecule has 0 spiro atoms. The average molecular weight is 272 g/mol. The average Bonchev–Trinajstić information content (AvgIpc) is 2.37. The van der Waals surface area contributed by atoms with E-state index in [1.54, 1.807) is 19.1 Å². The highest BCUT2D eigenvalue weighted by molar-refractivity contribution is 5.81. The summed E-state index contributed by atoms with van der Waals surface area (Å²) in [7, 11) is 0. The minimum Gasteiger partial charge on any atom is -0.435 e. The minimum absolute atomic E-state index is 0.0693. The van der Waals surface area contributed by atoms with Crippen molar-refractivity contribution in [2.24, 2.45) is 0 Å². The first-order valence-electron chi connectivity index (χ1n) is 6.07. The summed E-state index contributed by atoms with van der Waals surface area (Å²) in [4.78, 5) is 11.5. The Balaban J connectivity index is 2.43. The molecular weight excluding hydrogens is 254 g/mol. The molecule has 106 valence electrons. The van der Waals surface area contributed by atoms with Crippen molar-refractivity contribution < 1.29 is 18.3 Å². The highest BCUT2D eigenvalue weighted by Gasteiger charge is 2.10. The first-order valence-corrected chi connectivity index (χ1v) is 6.07. The predicted molar refractivity (Wildman–Crippen MR) is 68.1 cm³/mol. The molecule has 0 radical (unpaired) electrons. The zero-order chi connectivity index (χ0) is 14.3. The van der Waals surface area contributed by atoms with Gasteiger partial charge in [0.1, 0.15) is 5.75 Å². The Bertz CT molecular complexity index is 396. The molecule has 0 aliphatic rings. The van der Waals surface area contributed by atoms with Crippen LogP contribution in [-0.2, 0) is 11.3 Å². The molecule has 0 aliphatic carbocycles. The van der Waals surface area contributed by atoms with Gasteiger partial charge in [-0.25, -0.2) is 0 Å². The maximum Gasteiger partial charge on any atom is 0.387 e. The van der Waals surface area contributed by atoms with Gasteiger partial charge in [0.2, 0.25) is 5.91 Å². The van der Waals surface area contributed by atoms with Crippen LogP contribution >= 0.6 is 0 Å². The Morgan fingerprint density at radius 3 is 2.47 bits per heavy atom. The van der Waals surface area contributed by atoms with Crippen molar-refractivity contribution >= 4 is 5.91 Å². The molecule has 2 N–H and O–H groups in total. The van der Waals surface area contributed by atoms with Crippen LogP contribution in [0.1, 0.15) is 19.4 Å². The second-order valence-electron chi connectivity index (χ2n) is 4.02. The molecule has 1 amide bonds. The van der Waals surface area contributed by atoms with Crippen molar-refractivity contribution in [2.45, 2.75) is 33.0 Å². The number of benzene rings is 1. The molecule has 19 heavy (non-hydrogen) atoms. The van der Waals surface area contributed by atoms with E-state index in [9.17, 15) is 13.6 Å². The molecule has 0 saturated carbocycles. The summed E-state index contributed by atoms with van der Waals surface area (Å²) in [5.74, 6) is 0.0516. The standard InChI is InChI=1S/C13H18F2N2O2/c1-3-16-12(18)9(2)17-8-10-4-6-11(7-5-10)19-13(14)15/h4-7,9,13,17H,3,8H2,1-2H3,(H,16,18). The van der Waals surface area contributed by atoms with Gasteiger partial charge in [-0.3, -0.25) is 4.79 Å².